The van der Waals surface area contributed by atoms with Gasteiger partial charge in [0.15, 0.2) is 8.32 Å². The number of hydrogen-bond donors (Lipinski definition) is 0. The minimum atomic E-state index is -3.72. The van der Waals surface area contributed by atoms with Gasteiger partial charge >= 0.3 is 5.97 Å². The second-order valence-electron chi connectivity index (χ2n) is 9.02. The van der Waals surface area contributed by atoms with Crippen LogP contribution in [0.2, 0.25) is 18.1 Å². The molecule has 0 heterocycles. The lowest BCUT2D eigenvalue weighted by Gasteiger charge is -2.47. The summed E-state index contributed by atoms with van der Waals surface area (Å²) in [6, 6.07) is 0. The van der Waals surface area contributed by atoms with Gasteiger partial charge in [-0.05, 0) is 43.8 Å². The fourth-order valence-electron chi connectivity index (χ4n) is 3.23. The number of rotatable bonds is 7. The predicted molar refractivity (Wildman–Crippen MR) is 105 cm³/mol. The van der Waals surface area contributed by atoms with Crippen LogP contribution < -0.4 is 0 Å². The smallest absolute Gasteiger partial charge is 0.308 e. The minimum absolute atomic E-state index is 0.0531. The summed E-state index contributed by atoms with van der Waals surface area (Å²) in [6.07, 6.45) is 2.80. The summed E-state index contributed by atoms with van der Waals surface area (Å²) in [5.41, 5.74) is -1.11. The molecular weight excluding hydrogens is 372 g/mol. The van der Waals surface area contributed by atoms with E-state index in [2.05, 4.69) is 33.9 Å². The summed E-state index contributed by atoms with van der Waals surface area (Å²) in [4.78, 5) is 12.2. The van der Waals surface area contributed by atoms with Crippen LogP contribution in [-0.2, 0) is 28.3 Å². The molecule has 0 aromatic heterocycles. The summed E-state index contributed by atoms with van der Waals surface area (Å²) in [5.74, 6) is -0.517. The first-order valence-electron chi connectivity index (χ1n) is 9.36. The molecule has 0 aromatic carbocycles. The van der Waals surface area contributed by atoms with Gasteiger partial charge in [0, 0.05) is 12.5 Å². The molecule has 26 heavy (non-hydrogen) atoms. The van der Waals surface area contributed by atoms with Crippen molar-refractivity contribution in [3.8, 4) is 0 Å². The van der Waals surface area contributed by atoms with Crippen molar-refractivity contribution in [2.75, 3.05) is 12.9 Å². The monoisotopic (exact) mass is 408 g/mol. The van der Waals surface area contributed by atoms with E-state index in [1.807, 2.05) is 6.92 Å². The molecule has 0 radical (unpaired) electrons. The average molecular weight is 409 g/mol. The topological polar surface area (TPSA) is 78.9 Å². The van der Waals surface area contributed by atoms with Crippen molar-refractivity contribution in [3.63, 3.8) is 0 Å². The van der Waals surface area contributed by atoms with Crippen molar-refractivity contribution in [2.24, 2.45) is 5.92 Å². The van der Waals surface area contributed by atoms with Gasteiger partial charge < -0.3 is 9.16 Å². The Morgan fingerprint density at radius 3 is 2.27 bits per heavy atom. The van der Waals surface area contributed by atoms with Gasteiger partial charge in [0.05, 0.1) is 19.3 Å². The molecule has 8 heteroatoms. The van der Waals surface area contributed by atoms with E-state index < -0.39 is 30.0 Å². The van der Waals surface area contributed by atoms with Crippen molar-refractivity contribution >= 4 is 24.4 Å². The Labute approximate surface area is 160 Å². The van der Waals surface area contributed by atoms with Crippen LogP contribution in [0.15, 0.2) is 0 Å². The zero-order chi connectivity index (χ0) is 20.4. The van der Waals surface area contributed by atoms with Gasteiger partial charge in [-0.2, -0.15) is 8.42 Å². The van der Waals surface area contributed by atoms with E-state index >= 15 is 0 Å². The van der Waals surface area contributed by atoms with E-state index in [-0.39, 0.29) is 30.1 Å². The normalized spacial score (nSPS) is 28.0. The van der Waals surface area contributed by atoms with Gasteiger partial charge in [-0.15, -0.1) is 0 Å². The molecule has 0 saturated heterocycles. The van der Waals surface area contributed by atoms with Crippen molar-refractivity contribution in [2.45, 2.75) is 90.1 Å². The predicted octanol–water partition coefficient (Wildman–Crippen LogP) is 3.87. The molecular formula is C18H36O6SSi. The van der Waals surface area contributed by atoms with Gasteiger partial charge in [0.1, 0.15) is 5.60 Å². The number of carbonyl (C=O) groups excluding carboxylic acids is 1. The van der Waals surface area contributed by atoms with E-state index in [1.165, 1.54) is 0 Å². The molecule has 1 fully saturated rings. The van der Waals surface area contributed by atoms with Crippen molar-refractivity contribution in [1.29, 1.82) is 0 Å². The third-order valence-corrected chi connectivity index (χ3v) is 10.9. The molecule has 0 spiro atoms. The molecule has 0 N–H and O–H groups in total. The lowest BCUT2D eigenvalue weighted by atomic mass is 9.73. The average Bonchev–Trinajstić information content (AvgIpc) is 2.39. The Morgan fingerprint density at radius 2 is 1.81 bits per heavy atom. The van der Waals surface area contributed by atoms with Gasteiger partial charge in [-0.25, -0.2) is 0 Å². The van der Waals surface area contributed by atoms with Crippen LogP contribution >= 0.6 is 0 Å². The third kappa shape index (κ3) is 6.32. The molecule has 0 unspecified atom stereocenters. The molecule has 1 aliphatic carbocycles. The van der Waals surface area contributed by atoms with E-state index in [0.717, 1.165) is 19.1 Å². The maximum absolute atomic E-state index is 12.2. The summed E-state index contributed by atoms with van der Waals surface area (Å²) < 4.78 is 41.0. The number of carbonyl (C=O) groups is 1. The number of esters is 1. The van der Waals surface area contributed by atoms with E-state index in [4.69, 9.17) is 13.3 Å². The van der Waals surface area contributed by atoms with E-state index in [9.17, 15) is 13.2 Å². The highest BCUT2D eigenvalue weighted by molar-refractivity contribution is 7.86. The number of ether oxygens (including phenoxy) is 1. The van der Waals surface area contributed by atoms with Crippen molar-refractivity contribution in [1.82, 2.24) is 0 Å². The number of hydrogen-bond acceptors (Lipinski definition) is 6. The Hall–Kier alpha value is -0.443. The lowest BCUT2D eigenvalue weighted by molar-refractivity contribution is -0.152. The van der Waals surface area contributed by atoms with Crippen LogP contribution in [0.3, 0.4) is 0 Å². The maximum atomic E-state index is 12.2. The molecule has 0 aromatic rings. The fraction of sp³-hybridized carbons (Fsp3) is 0.944. The van der Waals surface area contributed by atoms with Gasteiger partial charge in [-0.1, -0.05) is 27.7 Å². The summed E-state index contributed by atoms with van der Waals surface area (Å²) in [7, 11) is -5.73. The molecule has 6 nitrogen and oxygen atoms in total. The fourth-order valence-corrected chi connectivity index (χ4v) is 5.51. The highest BCUT2D eigenvalue weighted by atomic mass is 32.2. The van der Waals surface area contributed by atoms with E-state index in [0.29, 0.717) is 6.42 Å². The second-order valence-corrected chi connectivity index (χ2v) is 15.3. The van der Waals surface area contributed by atoms with Crippen LogP contribution in [0.25, 0.3) is 0 Å². The van der Waals surface area contributed by atoms with Crippen LogP contribution in [0, 0.1) is 5.92 Å². The molecule has 0 aliphatic heterocycles. The lowest BCUT2D eigenvalue weighted by Crippen LogP contribution is -2.53. The molecule has 3 atom stereocenters. The van der Waals surface area contributed by atoms with Crippen LogP contribution in [-0.4, -0.2) is 47.3 Å². The van der Waals surface area contributed by atoms with E-state index in [1.54, 1.807) is 6.92 Å². The van der Waals surface area contributed by atoms with Gasteiger partial charge in [0.25, 0.3) is 10.1 Å². The van der Waals surface area contributed by atoms with Crippen LogP contribution in [0.4, 0.5) is 0 Å². The molecule has 1 rings (SSSR count). The largest absolute Gasteiger partial charge is 0.466 e. The minimum Gasteiger partial charge on any atom is -0.466 e. The highest BCUT2D eigenvalue weighted by Crippen LogP contribution is 2.45. The Balaban J connectivity index is 3.11. The quantitative estimate of drug-likeness (QED) is 0.361. The molecule has 0 bridgehead atoms. The first kappa shape index (κ1) is 23.6. The highest BCUT2D eigenvalue weighted by Gasteiger charge is 2.49. The summed E-state index contributed by atoms with van der Waals surface area (Å²) in [5, 5.41) is 0.0531. The van der Waals surface area contributed by atoms with Crippen molar-refractivity contribution < 1.29 is 26.6 Å². The third-order valence-electron chi connectivity index (χ3n) is 5.73. The van der Waals surface area contributed by atoms with Crippen molar-refractivity contribution in [3.05, 3.63) is 0 Å². The molecule has 1 aliphatic rings. The Kier molecular flexibility index (Phi) is 7.52. The zero-order valence-electron chi connectivity index (χ0n) is 17.5. The summed E-state index contributed by atoms with van der Waals surface area (Å²) >= 11 is 0. The Bertz CT molecular complexity index is 595. The molecule has 1 saturated carbocycles. The summed E-state index contributed by atoms with van der Waals surface area (Å²) in [6.45, 7) is 14.8. The first-order valence-corrected chi connectivity index (χ1v) is 14.1. The zero-order valence-corrected chi connectivity index (χ0v) is 19.4. The standard InChI is InChI=1S/C18H36O6SSi/c1-9-22-16(19)13-18(24-25(6,20)21)12-15(11-10-14(18)2)23-26(7,8)17(3,4)5/h14-15H,9-13H2,1-8H3/t14-,15-,18+/m0/s1. The van der Waals surface area contributed by atoms with Gasteiger partial charge in [0.2, 0.25) is 0 Å². The molecule has 154 valence electrons. The Morgan fingerprint density at radius 1 is 1.23 bits per heavy atom. The van der Waals surface area contributed by atoms with Gasteiger partial charge in [-0.3, -0.25) is 8.98 Å². The first-order chi connectivity index (χ1) is 11.6. The van der Waals surface area contributed by atoms with Crippen LogP contribution in [0.1, 0.15) is 60.3 Å². The molecule has 0 amide bonds. The maximum Gasteiger partial charge on any atom is 0.308 e. The SMILES string of the molecule is CCOC(=O)C[C@]1(OS(C)(=O)=O)C[C@@H](O[Si](C)(C)C(C)(C)C)CC[C@@H]1C. The van der Waals surface area contributed by atoms with Crippen LogP contribution in [0.5, 0.6) is 0 Å². The second kappa shape index (κ2) is 8.28.